The molecular weight excluding hydrogens is 841 g/mol. The number of ether oxygens (including phenoxy) is 1. The van der Waals surface area contributed by atoms with Gasteiger partial charge in [0, 0.05) is 59.1 Å². The second kappa shape index (κ2) is 14.5. The zero-order valence-electron chi connectivity index (χ0n) is 35.6. The molecule has 2 aliphatic rings. The lowest BCUT2D eigenvalue weighted by Gasteiger charge is -2.42. The summed E-state index contributed by atoms with van der Waals surface area (Å²) in [5.74, 6) is 1.71. The number of fused-ring (bicyclic) bond motifs is 15. The molecule has 1 aliphatic heterocycles. The van der Waals surface area contributed by atoms with Gasteiger partial charge in [0.1, 0.15) is 11.5 Å². The Morgan fingerprint density at radius 2 is 0.833 bits per heavy atom. The van der Waals surface area contributed by atoms with E-state index in [-0.39, 0.29) is 0 Å². The highest BCUT2D eigenvalue weighted by Crippen LogP contribution is 2.65. The van der Waals surface area contributed by atoms with Gasteiger partial charge in [0.15, 0.2) is 0 Å². The number of anilines is 6. The fourth-order valence-corrected chi connectivity index (χ4v) is 13.5. The van der Waals surface area contributed by atoms with E-state index in [1.165, 1.54) is 62.6 Å². The average molecular weight is 879 g/mol. The summed E-state index contributed by atoms with van der Waals surface area (Å²) in [5.41, 5.74) is 13.0. The average Bonchev–Trinajstić information content (AvgIpc) is 4.04. The van der Waals surface area contributed by atoms with Crippen molar-refractivity contribution in [2.24, 2.45) is 0 Å². The van der Waals surface area contributed by atoms with Crippen LogP contribution in [0.25, 0.3) is 51.5 Å². The highest BCUT2D eigenvalue weighted by molar-refractivity contribution is 7.26. The Hall–Kier alpha value is -7.96. The van der Waals surface area contributed by atoms with E-state index in [4.69, 9.17) is 4.74 Å². The minimum atomic E-state index is -0.768. The summed E-state index contributed by atoms with van der Waals surface area (Å²) in [6.45, 7) is 0. The van der Waals surface area contributed by atoms with Gasteiger partial charge in [0.2, 0.25) is 0 Å². The first-order valence-electron chi connectivity index (χ1n) is 22.4. The summed E-state index contributed by atoms with van der Waals surface area (Å²) in [6, 6.07) is 84.4. The van der Waals surface area contributed by atoms with Crippen LogP contribution >= 0.6 is 22.7 Å². The zero-order chi connectivity index (χ0) is 43.3. The predicted octanol–water partition coefficient (Wildman–Crippen LogP) is 17.8. The minimum Gasteiger partial charge on any atom is -0.457 e. The van der Waals surface area contributed by atoms with E-state index >= 15 is 0 Å². The van der Waals surface area contributed by atoms with Crippen molar-refractivity contribution in [2.45, 2.75) is 5.41 Å². The third-order valence-corrected chi connectivity index (χ3v) is 16.1. The number of hydrogen-bond donors (Lipinski definition) is 0. The molecule has 2 aromatic heterocycles. The van der Waals surface area contributed by atoms with Gasteiger partial charge in [-0.1, -0.05) is 152 Å². The number of hydrogen-bond acceptors (Lipinski definition) is 5. The predicted molar refractivity (Wildman–Crippen MR) is 279 cm³/mol. The first-order valence-corrected chi connectivity index (χ1v) is 24.1. The maximum absolute atomic E-state index is 7.15. The highest BCUT2D eigenvalue weighted by atomic mass is 32.1. The zero-order valence-corrected chi connectivity index (χ0v) is 37.2. The van der Waals surface area contributed by atoms with E-state index < -0.39 is 5.41 Å². The lowest BCUT2D eigenvalue weighted by atomic mass is 9.65. The third-order valence-electron chi connectivity index (χ3n) is 13.7. The smallest absolute Gasteiger partial charge is 0.134 e. The first-order chi connectivity index (χ1) is 32.8. The number of nitrogens with zero attached hydrogens (tertiary/aromatic N) is 2. The van der Waals surface area contributed by atoms with Crippen LogP contribution in [-0.2, 0) is 5.41 Å². The highest BCUT2D eigenvalue weighted by Gasteiger charge is 2.53. The maximum atomic E-state index is 7.15. The van der Waals surface area contributed by atoms with Gasteiger partial charge in [0.25, 0.3) is 0 Å². The van der Waals surface area contributed by atoms with Crippen LogP contribution in [0.15, 0.2) is 231 Å². The van der Waals surface area contributed by atoms with Gasteiger partial charge in [-0.25, -0.2) is 0 Å². The number of benzene rings is 10. The van der Waals surface area contributed by atoms with Crippen LogP contribution < -0.4 is 14.5 Å². The SMILES string of the molecule is c1ccc(N(c2ccc3c(c2)C2(c4ccccc4Oc4cccc(N(c5ccccc5)c5cccc6c5sc5ccccc56)c42)c2ccccc2-3)c2cccc3c2sc2ccccc23)cc1. The van der Waals surface area contributed by atoms with Gasteiger partial charge in [-0.15, -0.1) is 22.7 Å². The Balaban J connectivity index is 1.08. The first kappa shape index (κ1) is 37.4. The molecule has 3 heterocycles. The van der Waals surface area contributed by atoms with E-state index in [1.54, 1.807) is 0 Å². The molecule has 3 nitrogen and oxygen atoms in total. The third kappa shape index (κ3) is 5.30. The number of thiophene rings is 2. The lowest BCUT2D eigenvalue weighted by Crippen LogP contribution is -2.34. The van der Waals surface area contributed by atoms with Gasteiger partial charge in [-0.2, -0.15) is 0 Å². The molecule has 14 rings (SSSR count). The van der Waals surface area contributed by atoms with Crippen molar-refractivity contribution in [2.75, 3.05) is 9.80 Å². The molecule has 0 fully saturated rings. The Labute approximate surface area is 390 Å². The van der Waals surface area contributed by atoms with Gasteiger partial charge in [-0.3, -0.25) is 0 Å². The Morgan fingerprint density at radius 3 is 1.53 bits per heavy atom. The fourth-order valence-electron chi connectivity index (χ4n) is 11.1. The van der Waals surface area contributed by atoms with Crippen LogP contribution in [0, 0.1) is 0 Å². The molecule has 10 aromatic carbocycles. The summed E-state index contributed by atoms with van der Waals surface area (Å²) in [5, 5.41) is 5.08. The molecule has 0 amide bonds. The molecule has 0 radical (unpaired) electrons. The van der Waals surface area contributed by atoms with Crippen LogP contribution in [0.2, 0.25) is 0 Å². The van der Waals surface area contributed by atoms with Gasteiger partial charge < -0.3 is 14.5 Å². The molecule has 12 aromatic rings. The fraction of sp³-hybridized carbons (Fsp3) is 0.0164. The van der Waals surface area contributed by atoms with Crippen molar-refractivity contribution < 1.29 is 4.74 Å². The van der Waals surface area contributed by atoms with E-state index in [0.717, 1.165) is 56.8 Å². The van der Waals surface area contributed by atoms with Crippen LogP contribution in [0.1, 0.15) is 22.3 Å². The second-order valence-electron chi connectivity index (χ2n) is 17.1. The molecule has 66 heavy (non-hydrogen) atoms. The molecule has 0 N–H and O–H groups in total. The van der Waals surface area contributed by atoms with E-state index in [0.29, 0.717) is 0 Å². The molecule has 310 valence electrons. The van der Waals surface area contributed by atoms with Gasteiger partial charge in [0.05, 0.1) is 31.9 Å². The maximum Gasteiger partial charge on any atom is 0.134 e. The van der Waals surface area contributed by atoms with Crippen molar-refractivity contribution in [3.8, 4) is 22.6 Å². The van der Waals surface area contributed by atoms with Crippen LogP contribution in [0.4, 0.5) is 34.1 Å². The molecular formula is C61H38N2OS2. The van der Waals surface area contributed by atoms with Crippen molar-refractivity contribution >= 4 is 97.1 Å². The van der Waals surface area contributed by atoms with Crippen molar-refractivity contribution in [1.82, 2.24) is 0 Å². The summed E-state index contributed by atoms with van der Waals surface area (Å²) in [6.07, 6.45) is 0. The lowest BCUT2D eigenvalue weighted by molar-refractivity contribution is 0.437. The van der Waals surface area contributed by atoms with Crippen LogP contribution in [0.5, 0.6) is 11.5 Å². The van der Waals surface area contributed by atoms with Crippen molar-refractivity contribution in [3.63, 3.8) is 0 Å². The largest absolute Gasteiger partial charge is 0.457 e. The minimum absolute atomic E-state index is 0.768. The normalized spacial score (nSPS) is 14.5. The Kier molecular flexibility index (Phi) is 8.24. The van der Waals surface area contributed by atoms with Crippen molar-refractivity contribution in [3.05, 3.63) is 253 Å². The summed E-state index contributed by atoms with van der Waals surface area (Å²) in [4.78, 5) is 4.95. The quantitative estimate of drug-likeness (QED) is 0.165. The van der Waals surface area contributed by atoms with Gasteiger partial charge >= 0.3 is 0 Å². The molecule has 0 saturated carbocycles. The molecule has 1 aliphatic carbocycles. The number of rotatable bonds is 6. The Morgan fingerprint density at radius 1 is 0.333 bits per heavy atom. The van der Waals surface area contributed by atoms with E-state index in [9.17, 15) is 0 Å². The molecule has 1 atom stereocenters. The molecule has 1 unspecified atom stereocenters. The molecule has 0 saturated heterocycles. The summed E-state index contributed by atoms with van der Waals surface area (Å²) < 4.78 is 12.2. The summed E-state index contributed by atoms with van der Waals surface area (Å²) in [7, 11) is 0. The molecule has 5 heteroatoms. The second-order valence-corrected chi connectivity index (χ2v) is 19.2. The Bertz CT molecular complexity index is 3890. The van der Waals surface area contributed by atoms with E-state index in [2.05, 4.69) is 240 Å². The van der Waals surface area contributed by atoms with E-state index in [1.807, 2.05) is 22.7 Å². The number of para-hydroxylation sites is 3. The van der Waals surface area contributed by atoms with Gasteiger partial charge in [-0.05, 0) is 101 Å². The standard InChI is InChI=1S/C61H38N2OS2/c1-3-18-39(19-4-1)62(52-30-15-25-46-44-23-8-13-34-56(44)65-59(46)52)41-36-37-43-42-22-7-10-27-48(42)61(50(43)38-41)49-28-11-12-32-54(49)64-55-33-17-29-51(58(55)61)63(40-20-5-2-6-21-40)53-31-16-26-47-45-24-9-14-35-57(45)66-60(47)53/h1-38H. The summed E-state index contributed by atoms with van der Waals surface area (Å²) >= 11 is 3.72. The molecule has 1 spiro atoms. The molecule has 0 bridgehead atoms. The monoisotopic (exact) mass is 878 g/mol. The van der Waals surface area contributed by atoms with Crippen molar-refractivity contribution in [1.29, 1.82) is 0 Å². The topological polar surface area (TPSA) is 15.7 Å². The van der Waals surface area contributed by atoms with Crippen LogP contribution in [-0.4, -0.2) is 0 Å². The van der Waals surface area contributed by atoms with Crippen LogP contribution in [0.3, 0.4) is 0 Å².